The van der Waals surface area contributed by atoms with Crippen LogP contribution in [0.4, 0.5) is 0 Å². The van der Waals surface area contributed by atoms with E-state index in [0.717, 1.165) is 16.7 Å². The fourth-order valence-electron chi connectivity index (χ4n) is 4.95. The number of benzene rings is 3. The smallest absolute Gasteiger partial charge is 0.254 e. The molecule has 2 heterocycles. The number of hydrogen-bond donors (Lipinski definition) is 1. The van der Waals surface area contributed by atoms with Crippen molar-refractivity contribution in [3.63, 3.8) is 0 Å². The van der Waals surface area contributed by atoms with Crippen molar-refractivity contribution in [2.75, 3.05) is 19.7 Å². The van der Waals surface area contributed by atoms with Crippen LogP contribution in [0.15, 0.2) is 84.9 Å². The number of carbonyl (C=O) groups is 2. The van der Waals surface area contributed by atoms with Crippen molar-refractivity contribution in [3.8, 4) is 11.1 Å². The molecule has 2 amide bonds. The van der Waals surface area contributed by atoms with Gasteiger partial charge in [-0.15, -0.1) is 0 Å². The Bertz CT molecular complexity index is 1080. The molecule has 156 valence electrons. The Labute approximate surface area is 181 Å². The van der Waals surface area contributed by atoms with Gasteiger partial charge in [-0.05, 0) is 28.8 Å². The van der Waals surface area contributed by atoms with Gasteiger partial charge in [0.15, 0.2) is 0 Å². The molecule has 5 rings (SSSR count). The predicted molar refractivity (Wildman–Crippen MR) is 118 cm³/mol. The predicted octanol–water partition coefficient (Wildman–Crippen LogP) is 3.16. The molecule has 3 atom stereocenters. The lowest BCUT2D eigenvalue weighted by atomic mass is 9.73. The number of aliphatic hydroxyl groups excluding tert-OH is 1. The summed E-state index contributed by atoms with van der Waals surface area (Å²) in [5.74, 6) is -0.221. The van der Waals surface area contributed by atoms with Crippen molar-refractivity contribution in [2.45, 2.75) is 18.0 Å². The molecule has 3 aromatic rings. The minimum Gasteiger partial charge on any atom is -0.394 e. The van der Waals surface area contributed by atoms with E-state index in [9.17, 15) is 14.7 Å². The first-order valence-electron chi connectivity index (χ1n) is 10.6. The van der Waals surface area contributed by atoms with E-state index in [-0.39, 0.29) is 43.0 Å². The molecule has 2 aliphatic rings. The van der Waals surface area contributed by atoms with Crippen molar-refractivity contribution in [3.05, 3.63) is 96.1 Å². The molecule has 2 fully saturated rings. The van der Waals surface area contributed by atoms with Crippen molar-refractivity contribution in [1.82, 2.24) is 9.80 Å². The number of amides is 2. The molecular weight excluding hydrogens is 388 g/mol. The average molecular weight is 412 g/mol. The van der Waals surface area contributed by atoms with Crippen LogP contribution in [-0.2, 0) is 4.79 Å². The van der Waals surface area contributed by atoms with Crippen LogP contribution < -0.4 is 0 Å². The highest BCUT2D eigenvalue weighted by atomic mass is 16.3. The maximum Gasteiger partial charge on any atom is 0.254 e. The minimum absolute atomic E-state index is 0.00477. The fraction of sp³-hybridized carbons (Fsp3) is 0.231. The monoisotopic (exact) mass is 412 g/mol. The van der Waals surface area contributed by atoms with Gasteiger partial charge in [0.1, 0.15) is 6.54 Å². The van der Waals surface area contributed by atoms with E-state index < -0.39 is 0 Å². The highest BCUT2D eigenvalue weighted by Gasteiger charge is 2.54. The molecule has 3 aromatic carbocycles. The maximum absolute atomic E-state index is 12.9. The number of hydrogen-bond acceptors (Lipinski definition) is 3. The molecule has 1 N–H and O–H groups in total. The van der Waals surface area contributed by atoms with Gasteiger partial charge in [0.25, 0.3) is 5.91 Å². The molecule has 5 heteroatoms. The molecule has 5 nitrogen and oxygen atoms in total. The van der Waals surface area contributed by atoms with Gasteiger partial charge in [-0.25, -0.2) is 0 Å². The summed E-state index contributed by atoms with van der Waals surface area (Å²) in [4.78, 5) is 29.1. The van der Waals surface area contributed by atoms with Crippen LogP contribution in [0.2, 0.25) is 0 Å². The molecular formula is C26H24N2O3. The number of carbonyl (C=O) groups excluding carboxylic acids is 2. The van der Waals surface area contributed by atoms with Gasteiger partial charge < -0.3 is 14.9 Å². The SMILES string of the molecule is O=C(c1ccccc1)N1CC(=O)N2[C@@H](CO)[C@H](c3ccc(-c4ccccc4)cc3)[C@@H]2C1. The zero-order valence-corrected chi connectivity index (χ0v) is 17.1. The number of rotatable bonds is 4. The van der Waals surface area contributed by atoms with E-state index >= 15 is 0 Å². The second-order valence-electron chi connectivity index (χ2n) is 8.18. The summed E-state index contributed by atoms with van der Waals surface area (Å²) < 4.78 is 0. The molecule has 0 aromatic heterocycles. The molecule has 0 radical (unpaired) electrons. The fourth-order valence-corrected chi connectivity index (χ4v) is 4.95. The third kappa shape index (κ3) is 3.41. The first-order valence-corrected chi connectivity index (χ1v) is 10.6. The molecule has 31 heavy (non-hydrogen) atoms. The highest BCUT2D eigenvalue weighted by molar-refractivity contribution is 5.97. The van der Waals surface area contributed by atoms with E-state index in [1.165, 1.54) is 0 Å². The lowest BCUT2D eigenvalue weighted by molar-refractivity contribution is -0.159. The largest absolute Gasteiger partial charge is 0.394 e. The van der Waals surface area contributed by atoms with E-state index in [2.05, 4.69) is 36.4 Å². The topological polar surface area (TPSA) is 60.9 Å². The zero-order valence-electron chi connectivity index (χ0n) is 17.1. The maximum atomic E-state index is 12.9. The third-order valence-electron chi connectivity index (χ3n) is 6.46. The van der Waals surface area contributed by atoms with Gasteiger partial charge in [0, 0.05) is 18.0 Å². The lowest BCUT2D eigenvalue weighted by Crippen LogP contribution is -2.73. The van der Waals surface area contributed by atoms with Gasteiger partial charge in [-0.2, -0.15) is 0 Å². The van der Waals surface area contributed by atoms with E-state index in [0.29, 0.717) is 12.1 Å². The quantitative estimate of drug-likeness (QED) is 0.716. The number of aliphatic hydroxyl groups is 1. The summed E-state index contributed by atoms with van der Waals surface area (Å²) >= 11 is 0. The number of fused-ring (bicyclic) bond motifs is 1. The Morgan fingerprint density at radius 1 is 0.871 bits per heavy atom. The van der Waals surface area contributed by atoms with Crippen molar-refractivity contribution >= 4 is 11.8 Å². The van der Waals surface area contributed by atoms with Gasteiger partial charge >= 0.3 is 0 Å². The molecule has 2 saturated heterocycles. The Kier molecular flexibility index (Phi) is 5.04. The van der Waals surface area contributed by atoms with Crippen molar-refractivity contribution in [1.29, 1.82) is 0 Å². The summed E-state index contributed by atoms with van der Waals surface area (Å²) in [5.41, 5.74) is 3.95. The number of nitrogens with zero attached hydrogens (tertiary/aromatic N) is 2. The summed E-state index contributed by atoms with van der Waals surface area (Å²) in [5, 5.41) is 9.99. The minimum atomic E-state index is -0.242. The van der Waals surface area contributed by atoms with Crippen LogP contribution in [0, 0.1) is 0 Å². The Morgan fingerprint density at radius 3 is 2.13 bits per heavy atom. The van der Waals surface area contributed by atoms with Gasteiger partial charge in [0.2, 0.25) is 5.91 Å². The average Bonchev–Trinajstić information content (AvgIpc) is 2.81. The molecule has 0 bridgehead atoms. The standard InChI is InChI=1S/C26H24N2O3/c29-17-23-25(20-13-11-19(12-14-20)18-7-3-1-4-8-18)22-15-27(16-24(30)28(22)23)26(31)21-9-5-2-6-10-21/h1-14,22-23,25,29H,15-17H2/t22-,23-,25+/m0/s1. The first kappa shape index (κ1) is 19.5. The second kappa shape index (κ2) is 8.00. The molecule has 0 saturated carbocycles. The van der Waals surface area contributed by atoms with Gasteiger partial charge in [0.05, 0.1) is 18.7 Å². The first-order chi connectivity index (χ1) is 15.2. The van der Waals surface area contributed by atoms with Crippen LogP contribution in [0.1, 0.15) is 21.8 Å². The highest BCUT2D eigenvalue weighted by Crippen LogP contribution is 2.43. The van der Waals surface area contributed by atoms with Gasteiger partial charge in [-0.1, -0.05) is 72.8 Å². The zero-order chi connectivity index (χ0) is 21.4. The summed E-state index contributed by atoms with van der Waals surface area (Å²) in [6.07, 6.45) is 0. The second-order valence-corrected chi connectivity index (χ2v) is 8.18. The third-order valence-corrected chi connectivity index (χ3v) is 6.46. The van der Waals surface area contributed by atoms with Gasteiger partial charge in [-0.3, -0.25) is 9.59 Å². The van der Waals surface area contributed by atoms with Crippen molar-refractivity contribution in [2.24, 2.45) is 0 Å². The number of piperazine rings is 1. The van der Waals surface area contributed by atoms with E-state index in [4.69, 9.17) is 0 Å². The molecule has 2 aliphatic heterocycles. The Morgan fingerprint density at radius 2 is 1.48 bits per heavy atom. The van der Waals surface area contributed by atoms with Crippen LogP contribution in [0.3, 0.4) is 0 Å². The lowest BCUT2D eigenvalue weighted by Gasteiger charge is -2.58. The van der Waals surface area contributed by atoms with E-state index in [1.54, 1.807) is 21.9 Å². The van der Waals surface area contributed by atoms with Crippen LogP contribution in [-0.4, -0.2) is 58.5 Å². The van der Waals surface area contributed by atoms with Crippen LogP contribution in [0.5, 0.6) is 0 Å². The summed E-state index contributed by atoms with van der Waals surface area (Å²) in [7, 11) is 0. The molecule has 0 spiro atoms. The Hall–Kier alpha value is -3.44. The summed E-state index contributed by atoms with van der Waals surface area (Å²) in [6.45, 7) is 0.446. The Balaban J connectivity index is 1.39. The van der Waals surface area contributed by atoms with Crippen LogP contribution in [0.25, 0.3) is 11.1 Å². The van der Waals surface area contributed by atoms with Crippen LogP contribution >= 0.6 is 0 Å². The normalized spacial score (nSPS) is 22.6. The molecule has 0 aliphatic carbocycles. The molecule has 0 unspecified atom stereocenters. The van der Waals surface area contributed by atoms with E-state index in [1.807, 2.05) is 36.4 Å². The summed E-state index contributed by atoms with van der Waals surface area (Å²) in [6, 6.07) is 27.2. The van der Waals surface area contributed by atoms with Crippen molar-refractivity contribution < 1.29 is 14.7 Å².